The Morgan fingerprint density at radius 2 is 2.24 bits per heavy atom. The molecule has 2 heterocycles. The third-order valence-corrected chi connectivity index (χ3v) is 4.29. The van der Waals surface area contributed by atoms with E-state index >= 15 is 0 Å². The lowest BCUT2D eigenvalue weighted by Gasteiger charge is -2.16. The quantitative estimate of drug-likeness (QED) is 0.804. The highest BCUT2D eigenvalue weighted by molar-refractivity contribution is 7.15. The lowest BCUT2D eigenvalue weighted by Crippen LogP contribution is -2.28. The van der Waals surface area contributed by atoms with E-state index in [2.05, 4.69) is 23.3 Å². The van der Waals surface area contributed by atoms with Gasteiger partial charge in [-0.2, -0.15) is 0 Å². The Hall–Kier alpha value is -2.14. The van der Waals surface area contributed by atoms with Crippen molar-refractivity contribution in [2.45, 2.75) is 26.3 Å². The molecule has 0 radical (unpaired) electrons. The van der Waals surface area contributed by atoms with Gasteiger partial charge in [0.05, 0.1) is 18.2 Å². The summed E-state index contributed by atoms with van der Waals surface area (Å²) in [7, 11) is 0. The van der Waals surface area contributed by atoms with Crippen molar-refractivity contribution in [3.63, 3.8) is 0 Å². The average molecular weight is 299 g/mol. The smallest absolute Gasteiger partial charge is 0.226 e. The van der Waals surface area contributed by atoms with E-state index in [-0.39, 0.29) is 11.9 Å². The van der Waals surface area contributed by atoms with Crippen molar-refractivity contribution in [2.75, 3.05) is 0 Å². The van der Waals surface area contributed by atoms with Crippen molar-refractivity contribution >= 4 is 22.2 Å². The molecule has 5 heteroatoms. The molecule has 3 rings (SSSR count). The summed E-state index contributed by atoms with van der Waals surface area (Å²) in [5, 5.41) is 5.02. The predicted octanol–water partition coefficient (Wildman–Crippen LogP) is 3.12. The van der Waals surface area contributed by atoms with Crippen molar-refractivity contribution < 1.29 is 4.79 Å². The minimum absolute atomic E-state index is 0.00225. The lowest BCUT2D eigenvalue weighted by atomic mass is 10.0. The second kappa shape index (κ2) is 5.69. The molecule has 0 fully saturated rings. The Kier molecular flexibility index (Phi) is 3.75. The van der Waals surface area contributed by atoms with Gasteiger partial charge in [0.2, 0.25) is 5.91 Å². The van der Waals surface area contributed by atoms with Crippen LogP contribution in [-0.4, -0.2) is 15.3 Å². The summed E-state index contributed by atoms with van der Waals surface area (Å²) in [6, 6.07) is 8.11. The summed E-state index contributed by atoms with van der Waals surface area (Å²) in [5.74, 6) is -0.00324. The zero-order valence-electron chi connectivity index (χ0n) is 12.0. The Morgan fingerprint density at radius 3 is 3.00 bits per heavy atom. The summed E-state index contributed by atoms with van der Waals surface area (Å²) < 4.78 is 1.94. The summed E-state index contributed by atoms with van der Waals surface area (Å²) in [5.41, 5.74) is 3.14. The van der Waals surface area contributed by atoms with E-state index in [4.69, 9.17) is 0 Å². The molecule has 108 valence electrons. The Bertz CT molecular complexity index is 746. The van der Waals surface area contributed by atoms with E-state index in [9.17, 15) is 4.79 Å². The highest BCUT2D eigenvalue weighted by atomic mass is 32.1. The summed E-state index contributed by atoms with van der Waals surface area (Å²) in [4.78, 5) is 17.5. The molecular weight excluding hydrogens is 282 g/mol. The van der Waals surface area contributed by atoms with E-state index in [1.807, 2.05) is 47.3 Å². The number of hydrogen-bond donors (Lipinski definition) is 1. The maximum absolute atomic E-state index is 12.1. The molecule has 1 N–H and O–H groups in total. The number of carbonyl (C=O) groups is 1. The van der Waals surface area contributed by atoms with Crippen LogP contribution in [0.2, 0.25) is 0 Å². The molecule has 0 aliphatic rings. The van der Waals surface area contributed by atoms with Gasteiger partial charge in [0.15, 0.2) is 4.96 Å². The molecule has 4 nitrogen and oxygen atoms in total. The van der Waals surface area contributed by atoms with Gasteiger partial charge in [-0.3, -0.25) is 9.20 Å². The van der Waals surface area contributed by atoms with Crippen LogP contribution in [0.3, 0.4) is 0 Å². The van der Waals surface area contributed by atoms with Gasteiger partial charge in [0.1, 0.15) is 0 Å². The molecule has 1 aromatic carbocycles. The third-order valence-electron chi connectivity index (χ3n) is 3.52. The second-order valence-electron chi connectivity index (χ2n) is 5.15. The minimum Gasteiger partial charge on any atom is -0.349 e. The van der Waals surface area contributed by atoms with Crippen LogP contribution in [-0.2, 0) is 11.2 Å². The highest BCUT2D eigenvalue weighted by Crippen LogP contribution is 2.17. The maximum Gasteiger partial charge on any atom is 0.226 e. The standard InChI is InChI=1S/C16H17N3OS/c1-11-5-3-4-6-14(11)12(2)17-15(20)9-13-10-19-7-8-21-16(19)18-13/h3-8,10,12H,9H2,1-2H3,(H,17,20). The largest absolute Gasteiger partial charge is 0.349 e. The first-order valence-corrected chi connectivity index (χ1v) is 7.77. The summed E-state index contributed by atoms with van der Waals surface area (Å²) in [6.07, 6.45) is 4.17. The fourth-order valence-corrected chi connectivity index (χ4v) is 3.19. The normalized spacial score (nSPS) is 12.5. The predicted molar refractivity (Wildman–Crippen MR) is 84.5 cm³/mol. The topological polar surface area (TPSA) is 46.4 Å². The number of hydrogen-bond acceptors (Lipinski definition) is 3. The van der Waals surface area contributed by atoms with Gasteiger partial charge in [0, 0.05) is 17.8 Å². The van der Waals surface area contributed by atoms with Crippen LogP contribution in [0.1, 0.15) is 29.8 Å². The second-order valence-corrected chi connectivity index (χ2v) is 6.02. The number of fused-ring (bicyclic) bond motifs is 1. The molecule has 0 aliphatic heterocycles. The molecule has 0 aliphatic carbocycles. The SMILES string of the molecule is Cc1ccccc1C(C)NC(=O)Cc1cn2ccsc2n1. The van der Waals surface area contributed by atoms with Crippen LogP contribution in [0.15, 0.2) is 42.0 Å². The van der Waals surface area contributed by atoms with Crippen LogP contribution in [0, 0.1) is 6.92 Å². The third kappa shape index (κ3) is 2.97. The lowest BCUT2D eigenvalue weighted by molar-refractivity contribution is -0.121. The monoisotopic (exact) mass is 299 g/mol. The summed E-state index contributed by atoms with van der Waals surface area (Å²) >= 11 is 1.57. The van der Waals surface area contributed by atoms with E-state index in [0.717, 1.165) is 16.2 Å². The minimum atomic E-state index is -0.00324. The fourth-order valence-electron chi connectivity index (χ4n) is 2.47. The molecule has 0 saturated heterocycles. The maximum atomic E-state index is 12.1. The number of carbonyl (C=O) groups excluding carboxylic acids is 1. The number of benzene rings is 1. The first kappa shape index (κ1) is 13.8. The Morgan fingerprint density at radius 1 is 1.43 bits per heavy atom. The van der Waals surface area contributed by atoms with Crippen molar-refractivity contribution in [1.29, 1.82) is 0 Å². The number of nitrogens with one attached hydrogen (secondary N) is 1. The van der Waals surface area contributed by atoms with Gasteiger partial charge in [0.25, 0.3) is 0 Å². The number of nitrogens with zero attached hydrogens (tertiary/aromatic N) is 2. The van der Waals surface area contributed by atoms with E-state index in [0.29, 0.717) is 6.42 Å². The van der Waals surface area contributed by atoms with E-state index in [1.54, 1.807) is 11.3 Å². The van der Waals surface area contributed by atoms with Crippen LogP contribution < -0.4 is 5.32 Å². The highest BCUT2D eigenvalue weighted by Gasteiger charge is 2.13. The van der Waals surface area contributed by atoms with Gasteiger partial charge in [-0.25, -0.2) is 4.98 Å². The van der Waals surface area contributed by atoms with Crippen molar-refractivity contribution in [3.8, 4) is 0 Å². The van der Waals surface area contributed by atoms with Crippen molar-refractivity contribution in [3.05, 3.63) is 58.9 Å². The van der Waals surface area contributed by atoms with E-state index < -0.39 is 0 Å². The van der Waals surface area contributed by atoms with Gasteiger partial charge in [-0.1, -0.05) is 24.3 Å². The molecule has 2 aromatic heterocycles. The molecule has 0 saturated carbocycles. The molecular formula is C16H17N3OS. The van der Waals surface area contributed by atoms with Crippen LogP contribution in [0.25, 0.3) is 4.96 Å². The van der Waals surface area contributed by atoms with Gasteiger partial charge in [-0.05, 0) is 25.0 Å². The average Bonchev–Trinajstić information content (AvgIpc) is 2.99. The zero-order chi connectivity index (χ0) is 14.8. The number of aryl methyl sites for hydroxylation is 1. The molecule has 1 unspecified atom stereocenters. The van der Waals surface area contributed by atoms with Gasteiger partial charge >= 0.3 is 0 Å². The van der Waals surface area contributed by atoms with Crippen molar-refractivity contribution in [2.24, 2.45) is 0 Å². The molecule has 3 aromatic rings. The van der Waals surface area contributed by atoms with Crippen LogP contribution in [0.4, 0.5) is 0 Å². The molecule has 1 amide bonds. The van der Waals surface area contributed by atoms with Crippen LogP contribution >= 0.6 is 11.3 Å². The number of aromatic nitrogens is 2. The number of thiazole rings is 1. The number of rotatable bonds is 4. The molecule has 0 bridgehead atoms. The summed E-state index contributed by atoms with van der Waals surface area (Å²) in [6.45, 7) is 4.06. The molecule has 1 atom stereocenters. The Labute approximate surface area is 127 Å². The zero-order valence-corrected chi connectivity index (χ0v) is 12.9. The Balaban J connectivity index is 1.66. The van der Waals surface area contributed by atoms with Gasteiger partial charge < -0.3 is 5.32 Å². The number of amides is 1. The molecule has 0 spiro atoms. The van der Waals surface area contributed by atoms with Gasteiger partial charge in [-0.15, -0.1) is 11.3 Å². The van der Waals surface area contributed by atoms with E-state index in [1.165, 1.54) is 5.56 Å². The first-order chi connectivity index (χ1) is 10.1. The molecule has 21 heavy (non-hydrogen) atoms. The van der Waals surface area contributed by atoms with Crippen molar-refractivity contribution in [1.82, 2.24) is 14.7 Å². The number of imidazole rings is 1. The first-order valence-electron chi connectivity index (χ1n) is 6.89. The van der Waals surface area contributed by atoms with Crippen LogP contribution in [0.5, 0.6) is 0 Å². The fraction of sp³-hybridized carbons (Fsp3) is 0.250.